The van der Waals surface area contributed by atoms with Gasteiger partial charge in [-0.1, -0.05) is 0 Å². The molecule has 1 atom stereocenters. The largest absolute Gasteiger partial charge is 0.386 e. The Balaban J connectivity index is 2.24. The fourth-order valence-corrected chi connectivity index (χ4v) is 3.41. The van der Waals surface area contributed by atoms with Gasteiger partial charge in [-0.25, -0.2) is 0 Å². The van der Waals surface area contributed by atoms with E-state index in [0.717, 1.165) is 0 Å². The Morgan fingerprint density at radius 3 is 2.50 bits per heavy atom. The van der Waals surface area contributed by atoms with Gasteiger partial charge in [-0.15, -0.1) is 0 Å². The van der Waals surface area contributed by atoms with Crippen molar-refractivity contribution in [3.05, 3.63) is 22.4 Å². The van der Waals surface area contributed by atoms with E-state index < -0.39 is 11.2 Å². The third kappa shape index (κ3) is 2.04. The quantitative estimate of drug-likeness (QED) is 0.861. The molecule has 2 rings (SSSR count). The lowest BCUT2D eigenvalue weighted by Crippen LogP contribution is -2.47. The summed E-state index contributed by atoms with van der Waals surface area (Å²) in [5.41, 5.74) is -0.300. The van der Waals surface area contributed by atoms with Gasteiger partial charge in [-0.05, 0) is 50.1 Å². The zero-order valence-corrected chi connectivity index (χ0v) is 11.2. The van der Waals surface area contributed by atoms with Gasteiger partial charge in [-0.3, -0.25) is 0 Å². The average Bonchev–Trinajstić information content (AvgIpc) is 2.56. The summed E-state index contributed by atoms with van der Waals surface area (Å²) in [4.78, 5) is 0. The van der Waals surface area contributed by atoms with Crippen LogP contribution in [-0.2, 0) is 11.2 Å². The van der Waals surface area contributed by atoms with E-state index in [-0.39, 0.29) is 5.60 Å². The van der Waals surface area contributed by atoms with Gasteiger partial charge in [0, 0.05) is 12.8 Å². The Hall–Kier alpha value is -0.380. The normalized spacial score (nSPS) is 31.8. The predicted octanol–water partition coefficient (Wildman–Crippen LogP) is 3.00. The van der Waals surface area contributed by atoms with E-state index >= 15 is 0 Å². The minimum Gasteiger partial charge on any atom is -0.386 e. The van der Waals surface area contributed by atoms with E-state index in [9.17, 15) is 5.11 Å². The van der Waals surface area contributed by atoms with E-state index in [4.69, 9.17) is 4.74 Å². The molecule has 0 bridgehead atoms. The molecule has 1 N–H and O–H groups in total. The van der Waals surface area contributed by atoms with Crippen LogP contribution in [0.2, 0.25) is 0 Å². The highest BCUT2D eigenvalue weighted by Crippen LogP contribution is 2.46. The van der Waals surface area contributed by atoms with Crippen LogP contribution in [0.4, 0.5) is 0 Å². The first-order valence-electron chi connectivity index (χ1n) is 5.68. The van der Waals surface area contributed by atoms with Crippen LogP contribution in [0.3, 0.4) is 0 Å². The van der Waals surface area contributed by atoms with Crippen molar-refractivity contribution in [1.29, 1.82) is 0 Å². The van der Waals surface area contributed by atoms with E-state index in [2.05, 4.69) is 11.4 Å². The second-order valence-corrected chi connectivity index (χ2v) is 6.67. The smallest absolute Gasteiger partial charge is 0.0998 e. The molecule has 90 valence electrons. The number of ether oxygens (including phenoxy) is 1. The van der Waals surface area contributed by atoms with Crippen molar-refractivity contribution in [3.8, 4) is 0 Å². The van der Waals surface area contributed by atoms with Crippen molar-refractivity contribution in [2.75, 3.05) is 0 Å². The van der Waals surface area contributed by atoms with Crippen LogP contribution < -0.4 is 0 Å². The molecule has 2 heterocycles. The van der Waals surface area contributed by atoms with Crippen molar-refractivity contribution >= 4 is 11.3 Å². The van der Waals surface area contributed by atoms with Crippen LogP contribution in [-0.4, -0.2) is 21.9 Å². The highest BCUT2D eigenvalue weighted by molar-refractivity contribution is 7.07. The summed E-state index contributed by atoms with van der Waals surface area (Å²) in [5.74, 6) is 0. The lowest BCUT2D eigenvalue weighted by molar-refractivity contribution is -0.125. The van der Waals surface area contributed by atoms with Crippen LogP contribution in [0.5, 0.6) is 0 Å². The third-order valence-corrected chi connectivity index (χ3v) is 4.18. The first-order chi connectivity index (χ1) is 7.24. The van der Waals surface area contributed by atoms with E-state index in [1.54, 1.807) is 11.3 Å². The molecule has 0 aliphatic carbocycles. The van der Waals surface area contributed by atoms with Gasteiger partial charge in [0.25, 0.3) is 0 Å². The predicted molar refractivity (Wildman–Crippen MR) is 66.8 cm³/mol. The number of hydrogen-bond acceptors (Lipinski definition) is 3. The number of aliphatic hydroxyl groups is 1. The molecule has 3 heteroatoms. The second kappa shape index (κ2) is 3.56. The fourth-order valence-electron chi connectivity index (χ4n) is 2.75. The summed E-state index contributed by atoms with van der Waals surface area (Å²) in [6, 6.07) is 2.07. The van der Waals surface area contributed by atoms with Gasteiger partial charge in [0.05, 0.1) is 16.8 Å². The van der Waals surface area contributed by atoms with Crippen LogP contribution in [0, 0.1) is 0 Å². The molecule has 0 aromatic carbocycles. The first kappa shape index (κ1) is 12.1. The van der Waals surface area contributed by atoms with E-state index in [1.807, 2.05) is 33.1 Å². The van der Waals surface area contributed by atoms with Gasteiger partial charge >= 0.3 is 0 Å². The number of rotatable bonds is 2. The maximum absolute atomic E-state index is 10.8. The molecular weight excluding hydrogens is 220 g/mol. The Bertz CT molecular complexity index is 367. The number of thiophene rings is 1. The monoisotopic (exact) mass is 240 g/mol. The van der Waals surface area contributed by atoms with Crippen molar-refractivity contribution in [2.45, 2.75) is 57.3 Å². The third-order valence-electron chi connectivity index (χ3n) is 3.45. The average molecular weight is 240 g/mol. The Kier molecular flexibility index (Phi) is 2.69. The Morgan fingerprint density at radius 2 is 2.06 bits per heavy atom. The lowest BCUT2D eigenvalue weighted by Gasteiger charge is -2.35. The summed E-state index contributed by atoms with van der Waals surface area (Å²) in [6.45, 7) is 8.04. The molecule has 1 aromatic rings. The van der Waals surface area contributed by atoms with Crippen molar-refractivity contribution in [1.82, 2.24) is 0 Å². The fraction of sp³-hybridized carbons (Fsp3) is 0.692. The molecule has 0 radical (unpaired) electrons. The van der Waals surface area contributed by atoms with Gasteiger partial charge in [0.1, 0.15) is 0 Å². The SMILES string of the molecule is CC1(C)CC(O)(Cc2ccsc2)C(C)(C)O1. The molecule has 0 saturated carbocycles. The Labute approximate surface area is 101 Å². The first-order valence-corrected chi connectivity index (χ1v) is 6.62. The molecule has 1 unspecified atom stereocenters. The summed E-state index contributed by atoms with van der Waals surface area (Å²) < 4.78 is 5.95. The maximum Gasteiger partial charge on any atom is 0.0998 e. The van der Waals surface area contributed by atoms with Crippen molar-refractivity contribution in [3.63, 3.8) is 0 Å². The van der Waals surface area contributed by atoms with Crippen LogP contribution in [0.1, 0.15) is 39.7 Å². The van der Waals surface area contributed by atoms with Crippen LogP contribution in [0.15, 0.2) is 16.8 Å². The van der Waals surface area contributed by atoms with E-state index in [1.165, 1.54) is 5.56 Å². The molecule has 2 nitrogen and oxygen atoms in total. The van der Waals surface area contributed by atoms with Gasteiger partial charge in [0.2, 0.25) is 0 Å². The molecular formula is C13H20O2S. The second-order valence-electron chi connectivity index (χ2n) is 5.89. The minimum absolute atomic E-state index is 0.242. The van der Waals surface area contributed by atoms with Crippen LogP contribution >= 0.6 is 11.3 Å². The molecule has 0 spiro atoms. The molecule has 1 fully saturated rings. The molecule has 16 heavy (non-hydrogen) atoms. The molecule has 1 saturated heterocycles. The Morgan fingerprint density at radius 1 is 1.38 bits per heavy atom. The maximum atomic E-state index is 10.8. The highest BCUT2D eigenvalue weighted by Gasteiger charge is 2.56. The zero-order chi connectivity index (χ0) is 12.0. The summed E-state index contributed by atoms with van der Waals surface area (Å²) >= 11 is 1.67. The molecule has 1 aliphatic rings. The molecule has 1 aliphatic heterocycles. The molecule has 0 amide bonds. The zero-order valence-electron chi connectivity index (χ0n) is 10.4. The van der Waals surface area contributed by atoms with Crippen LogP contribution in [0.25, 0.3) is 0 Å². The summed E-state index contributed by atoms with van der Waals surface area (Å²) in [6.07, 6.45) is 1.36. The van der Waals surface area contributed by atoms with E-state index in [0.29, 0.717) is 12.8 Å². The van der Waals surface area contributed by atoms with Gasteiger partial charge in [0.15, 0.2) is 0 Å². The minimum atomic E-state index is -0.766. The standard InChI is InChI=1S/C13H20O2S/c1-11(2)9-13(14,12(3,4)15-11)7-10-5-6-16-8-10/h5-6,8,14H,7,9H2,1-4H3. The highest BCUT2D eigenvalue weighted by atomic mass is 32.1. The van der Waals surface area contributed by atoms with Gasteiger partial charge < -0.3 is 9.84 Å². The lowest BCUT2D eigenvalue weighted by atomic mass is 9.78. The van der Waals surface area contributed by atoms with Crippen molar-refractivity contribution in [2.24, 2.45) is 0 Å². The topological polar surface area (TPSA) is 29.5 Å². The van der Waals surface area contributed by atoms with Crippen molar-refractivity contribution < 1.29 is 9.84 Å². The summed E-state index contributed by atoms with van der Waals surface area (Å²) in [7, 11) is 0. The molecule has 1 aromatic heterocycles. The summed E-state index contributed by atoms with van der Waals surface area (Å²) in [5, 5.41) is 15.0. The number of hydrogen-bond donors (Lipinski definition) is 1. The van der Waals surface area contributed by atoms with Gasteiger partial charge in [-0.2, -0.15) is 11.3 Å².